The lowest BCUT2D eigenvalue weighted by molar-refractivity contribution is -0.130. The molecule has 3 aliphatic carbocycles. The first kappa shape index (κ1) is 16.4. The molecule has 0 aromatic heterocycles. The molecule has 3 atom stereocenters. The molecule has 24 heavy (non-hydrogen) atoms. The average Bonchev–Trinajstić information content (AvgIpc) is 2.52. The van der Waals surface area contributed by atoms with Crippen LogP contribution in [0.5, 0.6) is 0 Å². The maximum atomic E-state index is 12.7. The number of nitrogens with zero attached hydrogens (tertiary/aromatic N) is 2. The Hall–Kier alpha value is -2.46. The largest absolute Gasteiger partial charge is 0.307 e. The number of fused-ring (bicyclic) bond motifs is 3. The van der Waals surface area contributed by atoms with E-state index in [1.54, 1.807) is 18.2 Å². The first-order valence-corrected chi connectivity index (χ1v) is 8.15. The summed E-state index contributed by atoms with van der Waals surface area (Å²) in [5.74, 6) is -0.356. The van der Waals surface area contributed by atoms with Crippen molar-refractivity contribution < 1.29 is 9.59 Å². The molecule has 0 N–H and O–H groups in total. The molecule has 0 spiro atoms. The molecule has 0 amide bonds. The minimum atomic E-state index is -0.645. The summed E-state index contributed by atoms with van der Waals surface area (Å²) >= 11 is 0. The van der Waals surface area contributed by atoms with Gasteiger partial charge >= 0.3 is 0 Å². The molecule has 1 fully saturated rings. The van der Waals surface area contributed by atoms with E-state index in [9.17, 15) is 14.9 Å². The molecule has 1 saturated carbocycles. The molecule has 0 aromatic carbocycles. The highest BCUT2D eigenvalue weighted by molar-refractivity contribution is 6.09. The van der Waals surface area contributed by atoms with Gasteiger partial charge in [-0.3, -0.25) is 4.79 Å². The third kappa shape index (κ3) is 1.89. The Labute approximate surface area is 142 Å². The van der Waals surface area contributed by atoms with Gasteiger partial charge in [-0.15, -0.1) is 0 Å². The van der Waals surface area contributed by atoms with E-state index in [0.29, 0.717) is 0 Å². The molecule has 0 radical (unpaired) electrons. The normalized spacial score (nSPS) is 37.1. The first-order valence-electron chi connectivity index (χ1n) is 8.15. The number of carbonyl (C=O) groups excluding carboxylic acids is 2. The van der Waals surface area contributed by atoms with Crippen molar-refractivity contribution in [2.24, 2.45) is 22.2 Å². The van der Waals surface area contributed by atoms with Crippen LogP contribution in [0.2, 0.25) is 0 Å². The Kier molecular flexibility index (Phi) is 3.26. The third-order valence-corrected chi connectivity index (χ3v) is 6.24. The van der Waals surface area contributed by atoms with Gasteiger partial charge in [-0.2, -0.15) is 5.26 Å². The Bertz CT molecular complexity index is 844. The van der Waals surface area contributed by atoms with Crippen LogP contribution >= 0.6 is 0 Å². The van der Waals surface area contributed by atoms with E-state index in [1.165, 1.54) is 0 Å². The van der Waals surface area contributed by atoms with Crippen LogP contribution in [0.4, 0.5) is 0 Å². The predicted octanol–water partition coefficient (Wildman–Crippen LogP) is 3.78. The first-order chi connectivity index (χ1) is 11.1. The Morgan fingerprint density at radius 2 is 1.92 bits per heavy atom. The predicted molar refractivity (Wildman–Crippen MR) is 89.2 cm³/mol. The lowest BCUT2D eigenvalue weighted by atomic mass is 9.46. The molecule has 4 nitrogen and oxygen atoms in total. The number of nitriles is 1. The fraction of sp³-hybridized carbons (Fsp3) is 0.500. The number of allylic oxidation sites excluding steroid dienone is 6. The summed E-state index contributed by atoms with van der Waals surface area (Å²) in [5.41, 5.74) is -0.289. The minimum absolute atomic E-state index is 0.0344. The Morgan fingerprint density at radius 3 is 2.50 bits per heavy atom. The Balaban J connectivity index is 2.26. The van der Waals surface area contributed by atoms with E-state index in [4.69, 9.17) is 6.57 Å². The van der Waals surface area contributed by atoms with Crippen LogP contribution < -0.4 is 0 Å². The molecule has 0 aromatic rings. The van der Waals surface area contributed by atoms with Gasteiger partial charge in [0.2, 0.25) is 5.70 Å². The zero-order valence-electron chi connectivity index (χ0n) is 14.4. The van der Waals surface area contributed by atoms with Crippen molar-refractivity contribution in [2.45, 2.75) is 40.5 Å². The van der Waals surface area contributed by atoms with E-state index in [1.807, 2.05) is 33.8 Å². The monoisotopic (exact) mass is 320 g/mol. The van der Waals surface area contributed by atoms with Crippen LogP contribution in [0.15, 0.2) is 35.1 Å². The van der Waals surface area contributed by atoms with Crippen LogP contribution in [0.25, 0.3) is 4.85 Å². The molecule has 0 heterocycles. The fourth-order valence-corrected chi connectivity index (χ4v) is 5.05. The zero-order chi connectivity index (χ0) is 17.9. The molecule has 3 aliphatic rings. The van der Waals surface area contributed by atoms with Gasteiger partial charge in [0.15, 0.2) is 11.6 Å². The Morgan fingerprint density at radius 1 is 1.25 bits per heavy atom. The topological polar surface area (TPSA) is 62.3 Å². The SMILES string of the molecule is [C-]#[N+]C1=C[C@@]2(C)C3=CC(=O)C(C#N)=C[C@@]3(C)CC[C@@H]2C(C)(C)C1=O. The van der Waals surface area contributed by atoms with Gasteiger partial charge in [0, 0.05) is 16.2 Å². The lowest BCUT2D eigenvalue weighted by Crippen LogP contribution is -2.53. The molecule has 0 aliphatic heterocycles. The van der Waals surface area contributed by atoms with Gasteiger partial charge in [0.1, 0.15) is 6.07 Å². The summed E-state index contributed by atoms with van der Waals surface area (Å²) in [5, 5.41) is 9.20. The number of rotatable bonds is 0. The second-order valence-corrected chi connectivity index (χ2v) is 8.08. The smallest absolute Gasteiger partial charge is 0.226 e. The van der Waals surface area contributed by atoms with Gasteiger partial charge in [-0.25, -0.2) is 4.85 Å². The van der Waals surface area contributed by atoms with Crippen LogP contribution in [0.1, 0.15) is 40.5 Å². The van der Waals surface area contributed by atoms with Crippen molar-refractivity contribution >= 4 is 11.6 Å². The zero-order valence-corrected chi connectivity index (χ0v) is 14.4. The number of carbonyl (C=O) groups is 2. The van der Waals surface area contributed by atoms with E-state index < -0.39 is 10.8 Å². The van der Waals surface area contributed by atoms with Gasteiger partial charge in [-0.1, -0.05) is 39.8 Å². The van der Waals surface area contributed by atoms with Crippen molar-refractivity contribution in [3.8, 4) is 6.07 Å². The number of ketones is 2. The number of Topliss-reactive ketones (excluding diaryl/α,β-unsaturated/α-hetero) is 1. The van der Waals surface area contributed by atoms with E-state index in [-0.39, 0.29) is 34.2 Å². The minimum Gasteiger partial charge on any atom is -0.307 e. The van der Waals surface area contributed by atoms with Crippen molar-refractivity contribution in [3.05, 3.63) is 46.5 Å². The van der Waals surface area contributed by atoms with Crippen molar-refractivity contribution in [1.82, 2.24) is 0 Å². The van der Waals surface area contributed by atoms with Crippen LogP contribution in [0, 0.1) is 40.1 Å². The average molecular weight is 320 g/mol. The van der Waals surface area contributed by atoms with Gasteiger partial charge in [0.05, 0.1) is 12.1 Å². The molecule has 122 valence electrons. The second kappa shape index (κ2) is 4.77. The molecule has 0 saturated heterocycles. The van der Waals surface area contributed by atoms with Crippen LogP contribution in [-0.4, -0.2) is 11.6 Å². The number of hydrogen-bond acceptors (Lipinski definition) is 3. The van der Waals surface area contributed by atoms with Gasteiger partial charge in [-0.05, 0) is 30.4 Å². The van der Waals surface area contributed by atoms with Crippen LogP contribution in [0.3, 0.4) is 0 Å². The third-order valence-electron chi connectivity index (χ3n) is 6.24. The quantitative estimate of drug-likeness (QED) is 0.638. The summed E-state index contributed by atoms with van der Waals surface area (Å²) in [6.45, 7) is 15.2. The molecule has 0 bridgehead atoms. The maximum Gasteiger partial charge on any atom is 0.226 e. The van der Waals surface area contributed by atoms with Crippen molar-refractivity contribution in [1.29, 1.82) is 5.26 Å². The van der Waals surface area contributed by atoms with Gasteiger partial charge < -0.3 is 4.79 Å². The highest BCUT2D eigenvalue weighted by atomic mass is 16.1. The molecular weight excluding hydrogens is 300 g/mol. The molecule has 0 unspecified atom stereocenters. The summed E-state index contributed by atoms with van der Waals surface area (Å²) < 4.78 is 0. The summed E-state index contributed by atoms with van der Waals surface area (Å²) in [6.07, 6.45) is 6.72. The van der Waals surface area contributed by atoms with E-state index in [0.717, 1.165) is 18.4 Å². The summed E-state index contributed by atoms with van der Waals surface area (Å²) in [6, 6.07) is 1.99. The molecule has 3 rings (SSSR count). The number of hydrogen-bond donors (Lipinski definition) is 0. The molecular formula is C20H20N2O2. The highest BCUT2D eigenvalue weighted by Crippen LogP contribution is 2.63. The maximum absolute atomic E-state index is 12.7. The fourth-order valence-electron chi connectivity index (χ4n) is 5.05. The second-order valence-electron chi connectivity index (χ2n) is 8.08. The molecule has 4 heteroatoms. The van der Waals surface area contributed by atoms with Crippen LogP contribution in [-0.2, 0) is 9.59 Å². The highest BCUT2D eigenvalue weighted by Gasteiger charge is 2.58. The van der Waals surface area contributed by atoms with Crippen molar-refractivity contribution in [2.75, 3.05) is 0 Å². The standard InChI is InChI=1S/C20H20N2O2/c1-18(2)15-6-7-19(3)9-12(11-21)14(23)8-16(19)20(15,4)10-13(22-5)17(18)24/h8-10,15H,6-7H2,1-4H3/t15-,19-,20-/m1/s1. The van der Waals surface area contributed by atoms with E-state index in [2.05, 4.69) is 4.85 Å². The van der Waals surface area contributed by atoms with Gasteiger partial charge in [0.25, 0.3) is 0 Å². The summed E-state index contributed by atoms with van der Waals surface area (Å²) in [7, 11) is 0. The summed E-state index contributed by atoms with van der Waals surface area (Å²) in [4.78, 5) is 28.4. The van der Waals surface area contributed by atoms with E-state index >= 15 is 0 Å². The lowest BCUT2D eigenvalue weighted by Gasteiger charge is -2.57. The van der Waals surface area contributed by atoms with Crippen molar-refractivity contribution in [3.63, 3.8) is 0 Å².